The van der Waals surface area contributed by atoms with E-state index in [9.17, 15) is 18.0 Å². The fraction of sp³-hybridized carbons (Fsp3) is 0.308. The molecule has 1 saturated carbocycles. The van der Waals surface area contributed by atoms with Crippen LogP contribution in [0.15, 0.2) is 66.9 Å². The highest BCUT2D eigenvalue weighted by Crippen LogP contribution is 2.44. The third-order valence-corrected chi connectivity index (χ3v) is 6.31. The van der Waals surface area contributed by atoms with Crippen molar-refractivity contribution in [3.8, 4) is 17.4 Å². The highest BCUT2D eigenvalue weighted by Gasteiger charge is 2.34. The maximum absolute atomic E-state index is 13.4. The Labute approximate surface area is 194 Å². The van der Waals surface area contributed by atoms with Gasteiger partial charge in [0, 0.05) is 29.4 Å². The van der Waals surface area contributed by atoms with Gasteiger partial charge >= 0.3 is 6.18 Å². The van der Waals surface area contributed by atoms with E-state index < -0.39 is 17.7 Å². The summed E-state index contributed by atoms with van der Waals surface area (Å²) in [5.74, 6) is 1.02. The Morgan fingerprint density at radius 1 is 0.912 bits per heavy atom. The van der Waals surface area contributed by atoms with E-state index in [4.69, 9.17) is 9.47 Å². The van der Waals surface area contributed by atoms with Crippen molar-refractivity contribution in [2.24, 2.45) is 0 Å². The van der Waals surface area contributed by atoms with Crippen LogP contribution in [0.1, 0.15) is 48.3 Å². The summed E-state index contributed by atoms with van der Waals surface area (Å²) in [6, 6.07) is 17.3. The van der Waals surface area contributed by atoms with Gasteiger partial charge in [0.05, 0.1) is 11.5 Å². The molecule has 1 aliphatic heterocycles. The number of aromatic nitrogens is 1. The number of benzene rings is 2. The molecule has 1 fully saturated rings. The summed E-state index contributed by atoms with van der Waals surface area (Å²) in [6.07, 6.45) is -1.02. The van der Waals surface area contributed by atoms with E-state index >= 15 is 0 Å². The van der Waals surface area contributed by atoms with Crippen molar-refractivity contribution in [3.63, 3.8) is 0 Å². The minimum Gasteiger partial charge on any atom is -0.474 e. The van der Waals surface area contributed by atoms with E-state index in [0.29, 0.717) is 37.2 Å². The minimum atomic E-state index is -4.42. The van der Waals surface area contributed by atoms with Gasteiger partial charge in [0.2, 0.25) is 11.8 Å². The van der Waals surface area contributed by atoms with Gasteiger partial charge in [-0.2, -0.15) is 13.2 Å². The van der Waals surface area contributed by atoms with Crippen molar-refractivity contribution in [2.75, 3.05) is 0 Å². The number of carbonyl (C=O) groups is 1. The van der Waals surface area contributed by atoms with Gasteiger partial charge in [-0.25, -0.2) is 4.98 Å². The molecule has 5 rings (SSSR count). The molecule has 34 heavy (non-hydrogen) atoms. The van der Waals surface area contributed by atoms with Crippen LogP contribution in [0.5, 0.6) is 17.4 Å². The lowest BCUT2D eigenvalue weighted by molar-refractivity contribution is -0.137. The zero-order valence-corrected chi connectivity index (χ0v) is 18.2. The number of ether oxygens (including phenoxy) is 2. The zero-order chi connectivity index (χ0) is 23.7. The Kier molecular flexibility index (Phi) is 5.89. The Morgan fingerprint density at radius 2 is 1.53 bits per heavy atom. The predicted octanol–water partition coefficient (Wildman–Crippen LogP) is 5.84. The molecule has 0 atom stereocenters. The Morgan fingerprint density at radius 3 is 2.09 bits per heavy atom. The number of amides is 1. The average molecular weight is 468 g/mol. The summed E-state index contributed by atoms with van der Waals surface area (Å²) >= 11 is 0. The van der Waals surface area contributed by atoms with Gasteiger partial charge in [-0.15, -0.1) is 0 Å². The van der Waals surface area contributed by atoms with Crippen molar-refractivity contribution in [3.05, 3.63) is 83.6 Å². The lowest BCUT2D eigenvalue weighted by Gasteiger charge is -2.32. The molecule has 176 valence electrons. The SMILES string of the molecule is O=C(NC1CCC(Oc2ccc(C(F)(F)F)cn2)CC1)C1c2ccccc2Oc2ccccc21. The van der Waals surface area contributed by atoms with Crippen LogP contribution in [0.25, 0.3) is 0 Å². The number of hydrogen-bond acceptors (Lipinski definition) is 4. The quantitative estimate of drug-likeness (QED) is 0.522. The molecule has 0 radical (unpaired) electrons. The van der Waals surface area contributed by atoms with Gasteiger partial charge in [0.1, 0.15) is 17.6 Å². The number of nitrogens with one attached hydrogen (secondary N) is 1. The minimum absolute atomic E-state index is 0.00455. The monoisotopic (exact) mass is 468 g/mol. The summed E-state index contributed by atoms with van der Waals surface area (Å²) in [5.41, 5.74) is 0.871. The van der Waals surface area contributed by atoms with Crippen molar-refractivity contribution in [2.45, 2.75) is 49.9 Å². The highest BCUT2D eigenvalue weighted by molar-refractivity contribution is 5.89. The van der Waals surface area contributed by atoms with Crippen LogP contribution in [-0.4, -0.2) is 23.0 Å². The standard InChI is InChI=1S/C26H23F3N2O3/c27-26(28,29)16-9-14-23(30-15-16)33-18-12-10-17(11-13-18)31-25(32)24-19-5-1-3-7-21(19)34-22-8-4-2-6-20(22)24/h1-9,14-15,17-18,24H,10-13H2,(H,31,32). The second-order valence-corrected chi connectivity index (χ2v) is 8.59. The topological polar surface area (TPSA) is 60.5 Å². The van der Waals surface area contributed by atoms with Gasteiger partial charge in [-0.1, -0.05) is 36.4 Å². The molecule has 3 aromatic rings. The first-order chi connectivity index (χ1) is 16.4. The highest BCUT2D eigenvalue weighted by atomic mass is 19.4. The van der Waals surface area contributed by atoms with Crippen LogP contribution < -0.4 is 14.8 Å². The number of pyridine rings is 1. The molecule has 0 saturated heterocycles. The maximum atomic E-state index is 13.4. The van der Waals surface area contributed by atoms with Crippen molar-refractivity contribution in [1.29, 1.82) is 0 Å². The Balaban J connectivity index is 1.21. The van der Waals surface area contributed by atoms with Crippen LogP contribution in [-0.2, 0) is 11.0 Å². The molecule has 0 unspecified atom stereocenters. The van der Waals surface area contributed by atoms with Crippen molar-refractivity contribution < 1.29 is 27.4 Å². The summed E-state index contributed by atoms with van der Waals surface area (Å²) in [7, 11) is 0. The summed E-state index contributed by atoms with van der Waals surface area (Å²) in [4.78, 5) is 17.2. The molecule has 1 N–H and O–H groups in total. The van der Waals surface area contributed by atoms with Crippen LogP contribution in [0.2, 0.25) is 0 Å². The first-order valence-corrected chi connectivity index (χ1v) is 11.2. The summed E-state index contributed by atoms with van der Waals surface area (Å²) in [6.45, 7) is 0. The number of halogens is 3. The molecule has 0 bridgehead atoms. The fourth-order valence-corrected chi connectivity index (χ4v) is 4.59. The summed E-state index contributed by atoms with van der Waals surface area (Å²) in [5, 5.41) is 3.19. The normalized spacial score (nSPS) is 20.0. The molecule has 5 nitrogen and oxygen atoms in total. The lowest BCUT2D eigenvalue weighted by atomic mass is 9.86. The van der Waals surface area contributed by atoms with Crippen LogP contribution in [0, 0.1) is 0 Å². The number of alkyl halides is 3. The second-order valence-electron chi connectivity index (χ2n) is 8.59. The third-order valence-electron chi connectivity index (χ3n) is 6.31. The van der Waals surface area contributed by atoms with E-state index in [1.807, 2.05) is 48.5 Å². The van der Waals surface area contributed by atoms with E-state index in [0.717, 1.165) is 23.4 Å². The fourth-order valence-electron chi connectivity index (χ4n) is 4.59. The Hall–Kier alpha value is -3.55. The van der Waals surface area contributed by atoms with Gasteiger partial charge in [-0.05, 0) is 43.9 Å². The van der Waals surface area contributed by atoms with Gasteiger partial charge in [0.15, 0.2) is 0 Å². The molecular formula is C26H23F3N2O3. The second kappa shape index (κ2) is 9.00. The lowest BCUT2D eigenvalue weighted by Crippen LogP contribution is -2.42. The van der Waals surface area contributed by atoms with Crippen LogP contribution in [0.4, 0.5) is 13.2 Å². The molecular weight excluding hydrogens is 445 g/mol. The smallest absolute Gasteiger partial charge is 0.417 e. The number of para-hydroxylation sites is 2. The Bertz CT molecular complexity index is 1130. The first kappa shape index (κ1) is 22.3. The summed E-state index contributed by atoms with van der Waals surface area (Å²) < 4.78 is 49.9. The van der Waals surface area contributed by atoms with Gasteiger partial charge in [0.25, 0.3) is 0 Å². The average Bonchev–Trinajstić information content (AvgIpc) is 2.83. The van der Waals surface area contributed by atoms with E-state index in [-0.39, 0.29) is 23.9 Å². The maximum Gasteiger partial charge on any atom is 0.417 e. The molecule has 1 aliphatic carbocycles. The van der Waals surface area contributed by atoms with E-state index in [1.54, 1.807) is 0 Å². The van der Waals surface area contributed by atoms with E-state index in [2.05, 4.69) is 10.3 Å². The molecule has 2 heterocycles. The molecule has 8 heteroatoms. The largest absolute Gasteiger partial charge is 0.474 e. The van der Waals surface area contributed by atoms with Crippen LogP contribution in [0.3, 0.4) is 0 Å². The van der Waals surface area contributed by atoms with Crippen LogP contribution >= 0.6 is 0 Å². The van der Waals surface area contributed by atoms with E-state index in [1.165, 1.54) is 6.07 Å². The molecule has 2 aromatic carbocycles. The number of hydrogen-bond donors (Lipinski definition) is 1. The predicted molar refractivity (Wildman–Crippen MR) is 119 cm³/mol. The molecule has 0 spiro atoms. The van der Waals surface area contributed by atoms with Crippen molar-refractivity contribution >= 4 is 5.91 Å². The van der Waals surface area contributed by atoms with Gasteiger partial charge in [-0.3, -0.25) is 4.79 Å². The molecule has 1 amide bonds. The number of rotatable bonds is 4. The number of carbonyl (C=O) groups excluding carboxylic acids is 1. The number of nitrogens with zero attached hydrogens (tertiary/aromatic N) is 1. The van der Waals surface area contributed by atoms with Crippen molar-refractivity contribution in [1.82, 2.24) is 10.3 Å². The molecule has 2 aliphatic rings. The third kappa shape index (κ3) is 4.58. The molecule has 1 aromatic heterocycles. The first-order valence-electron chi connectivity index (χ1n) is 11.2. The number of fused-ring (bicyclic) bond motifs is 2. The van der Waals surface area contributed by atoms with Gasteiger partial charge < -0.3 is 14.8 Å². The zero-order valence-electron chi connectivity index (χ0n) is 18.2.